The monoisotopic (exact) mass is 490 g/mol. The Bertz CT molecular complexity index is 1250. The van der Waals surface area contributed by atoms with Crippen LogP contribution >= 0.6 is 0 Å². The molecule has 2 aromatic carbocycles. The molecular weight excluding hydrogens is 467 g/mol. The Labute approximate surface area is 209 Å². The van der Waals surface area contributed by atoms with Gasteiger partial charge in [-0.25, -0.2) is 9.97 Å². The van der Waals surface area contributed by atoms with Crippen LogP contribution in [0.2, 0.25) is 0 Å². The first-order valence-corrected chi connectivity index (χ1v) is 11.2. The molecule has 6 rings (SSSR count). The van der Waals surface area contributed by atoms with Crippen LogP contribution in [0.25, 0.3) is 21.5 Å². The molecule has 0 saturated carbocycles. The third-order valence-corrected chi connectivity index (χ3v) is 5.98. The van der Waals surface area contributed by atoms with Crippen LogP contribution in [0.1, 0.15) is 6.42 Å². The van der Waals surface area contributed by atoms with Gasteiger partial charge in [-0.1, -0.05) is 48.5 Å². The molecule has 2 aliphatic heterocycles. The van der Waals surface area contributed by atoms with E-state index in [9.17, 15) is 0 Å². The van der Waals surface area contributed by atoms with Crippen molar-refractivity contribution in [3.05, 3.63) is 111 Å². The Balaban J connectivity index is 0.00000241. The van der Waals surface area contributed by atoms with E-state index in [-0.39, 0.29) is 16.5 Å². The van der Waals surface area contributed by atoms with Crippen molar-refractivity contribution < 1.29 is 16.5 Å². The van der Waals surface area contributed by atoms with E-state index in [1.807, 2.05) is 24.5 Å². The van der Waals surface area contributed by atoms with Gasteiger partial charge >= 0.3 is 16.5 Å². The fourth-order valence-corrected chi connectivity index (χ4v) is 4.19. The Morgan fingerprint density at radius 2 is 1.03 bits per heavy atom. The van der Waals surface area contributed by atoms with Crippen LogP contribution in [0.4, 0.5) is 11.6 Å². The maximum Gasteiger partial charge on any atom is 2.00 e. The number of fused-ring (bicyclic) bond motifs is 2. The van der Waals surface area contributed by atoms with E-state index in [0.29, 0.717) is 0 Å². The van der Waals surface area contributed by atoms with E-state index in [0.717, 1.165) is 41.9 Å². The van der Waals surface area contributed by atoms with Gasteiger partial charge in [-0.05, 0) is 67.2 Å². The summed E-state index contributed by atoms with van der Waals surface area (Å²) in [6.45, 7) is 6.08. The molecule has 2 aromatic heterocycles. The average molecular weight is 491 g/mol. The van der Waals surface area contributed by atoms with E-state index in [2.05, 4.69) is 116 Å². The largest absolute Gasteiger partial charge is 2.00 e. The van der Waals surface area contributed by atoms with Crippen molar-refractivity contribution in [1.29, 1.82) is 0 Å². The molecule has 0 amide bonds. The normalized spacial score (nSPS) is 15.1. The van der Waals surface area contributed by atoms with Crippen LogP contribution in [0.3, 0.4) is 0 Å². The number of rotatable bonds is 6. The fraction of sp³-hybridized carbons (Fsp3) is 0.111. The molecule has 0 atom stereocenters. The molecule has 34 heavy (non-hydrogen) atoms. The zero-order valence-electron chi connectivity index (χ0n) is 18.5. The summed E-state index contributed by atoms with van der Waals surface area (Å²) in [6, 6.07) is 20.9. The summed E-state index contributed by atoms with van der Waals surface area (Å²) in [6.07, 6.45) is 13.2. The SMILES string of the molecule is C1=CN(c2cc3ccccc3cn2)[CH-]N1CCCN1C=CN(c2cc3ccccc3cn2)[CH-]1.[Ni+2]. The number of aromatic nitrogens is 2. The first-order valence-electron chi connectivity index (χ1n) is 11.2. The Morgan fingerprint density at radius 3 is 1.50 bits per heavy atom. The van der Waals surface area contributed by atoms with Crippen molar-refractivity contribution in [3.8, 4) is 0 Å². The molecule has 0 unspecified atom stereocenters. The molecule has 0 radical (unpaired) electrons. The van der Waals surface area contributed by atoms with Gasteiger partial charge in [0.05, 0.1) is 0 Å². The fourth-order valence-electron chi connectivity index (χ4n) is 4.19. The summed E-state index contributed by atoms with van der Waals surface area (Å²) in [5.74, 6) is 1.86. The molecule has 6 nitrogen and oxygen atoms in total. The molecule has 0 spiro atoms. The molecule has 4 heterocycles. The van der Waals surface area contributed by atoms with Crippen LogP contribution < -0.4 is 9.80 Å². The molecule has 0 saturated heterocycles. The summed E-state index contributed by atoms with van der Waals surface area (Å²) < 4.78 is 0. The summed E-state index contributed by atoms with van der Waals surface area (Å²) in [5.41, 5.74) is 0. The van der Waals surface area contributed by atoms with Gasteiger partial charge in [-0.15, -0.1) is 13.3 Å². The van der Waals surface area contributed by atoms with Gasteiger partial charge in [-0.3, -0.25) is 0 Å². The molecule has 2 aliphatic rings. The van der Waals surface area contributed by atoms with E-state index >= 15 is 0 Å². The van der Waals surface area contributed by atoms with Crippen molar-refractivity contribution in [1.82, 2.24) is 19.8 Å². The number of hydrogen-bond donors (Lipinski definition) is 0. The van der Waals surface area contributed by atoms with E-state index in [4.69, 9.17) is 0 Å². The van der Waals surface area contributed by atoms with Gasteiger partial charge in [0.15, 0.2) is 0 Å². The zero-order valence-corrected chi connectivity index (χ0v) is 19.5. The van der Waals surface area contributed by atoms with Gasteiger partial charge in [0.1, 0.15) is 11.6 Å². The van der Waals surface area contributed by atoms with Crippen LogP contribution in [-0.2, 0) is 16.5 Å². The van der Waals surface area contributed by atoms with E-state index in [1.54, 1.807) is 0 Å². The van der Waals surface area contributed by atoms with Crippen LogP contribution in [0.15, 0.2) is 97.9 Å². The van der Waals surface area contributed by atoms with Crippen molar-refractivity contribution in [3.63, 3.8) is 0 Å². The Kier molecular flexibility index (Phi) is 6.37. The molecule has 0 bridgehead atoms. The molecule has 0 aliphatic carbocycles. The first-order chi connectivity index (χ1) is 16.3. The second-order valence-electron chi connectivity index (χ2n) is 8.25. The summed E-state index contributed by atoms with van der Waals surface area (Å²) in [5, 5.41) is 4.71. The number of nitrogens with zero attached hydrogens (tertiary/aromatic N) is 6. The Hall–Kier alpha value is -3.57. The predicted octanol–water partition coefficient (Wildman–Crippen LogP) is 5.30. The first kappa shape index (κ1) is 22.2. The number of anilines is 2. The standard InChI is InChI=1S/C27H24N6.Ni/c1-3-8-24-18-28-26(16-22(24)6-1)32-14-12-30(20-32)10-5-11-31-13-15-33(21-31)27-17-23-7-2-4-9-25(23)19-29-27;/h1-4,6-9,12-21H,5,10-11H2;/q-2;+2. The number of benzene rings is 2. The molecule has 0 fully saturated rings. The molecule has 0 N–H and O–H groups in total. The quantitative estimate of drug-likeness (QED) is 0.270. The van der Waals surface area contributed by atoms with Crippen molar-refractivity contribution >= 4 is 33.2 Å². The second-order valence-corrected chi connectivity index (χ2v) is 8.25. The summed E-state index contributed by atoms with van der Waals surface area (Å²) in [4.78, 5) is 17.8. The Morgan fingerprint density at radius 1 is 0.588 bits per heavy atom. The number of pyridine rings is 2. The van der Waals surface area contributed by atoms with E-state index < -0.39 is 0 Å². The van der Waals surface area contributed by atoms with Crippen molar-refractivity contribution in [2.45, 2.75) is 6.42 Å². The van der Waals surface area contributed by atoms with Gasteiger partial charge in [0, 0.05) is 23.2 Å². The minimum Gasteiger partial charge on any atom is -0.508 e. The topological polar surface area (TPSA) is 38.7 Å². The van der Waals surface area contributed by atoms with Crippen LogP contribution in [-0.4, -0.2) is 32.9 Å². The zero-order chi connectivity index (χ0) is 22.0. The van der Waals surface area contributed by atoms with Crippen LogP contribution in [0, 0.1) is 13.3 Å². The molecular formula is C27H24N6Ni. The predicted molar refractivity (Wildman–Crippen MR) is 133 cm³/mol. The van der Waals surface area contributed by atoms with E-state index in [1.165, 1.54) is 10.8 Å². The maximum absolute atomic E-state index is 4.61. The van der Waals surface area contributed by atoms with Crippen molar-refractivity contribution in [2.24, 2.45) is 0 Å². The number of hydrogen-bond acceptors (Lipinski definition) is 6. The molecule has 172 valence electrons. The van der Waals surface area contributed by atoms with Gasteiger partial charge in [0.2, 0.25) is 0 Å². The molecule has 4 aromatic rings. The summed E-state index contributed by atoms with van der Waals surface area (Å²) >= 11 is 0. The minimum absolute atomic E-state index is 0. The van der Waals surface area contributed by atoms with Gasteiger partial charge < -0.3 is 19.6 Å². The average Bonchev–Trinajstić information content (AvgIpc) is 3.54. The smallest absolute Gasteiger partial charge is 0.508 e. The van der Waals surface area contributed by atoms with Crippen molar-refractivity contribution in [2.75, 3.05) is 22.9 Å². The van der Waals surface area contributed by atoms with Gasteiger partial charge in [-0.2, -0.15) is 0 Å². The maximum atomic E-state index is 4.61. The second kappa shape index (κ2) is 9.74. The molecule has 7 heteroatoms. The third-order valence-electron chi connectivity index (χ3n) is 5.98. The van der Waals surface area contributed by atoms with Crippen LogP contribution in [0.5, 0.6) is 0 Å². The third kappa shape index (κ3) is 4.57. The van der Waals surface area contributed by atoms with Gasteiger partial charge in [0.25, 0.3) is 0 Å². The minimum atomic E-state index is 0. The summed E-state index contributed by atoms with van der Waals surface area (Å²) in [7, 11) is 0.